The molecule has 31 heavy (non-hydrogen) atoms. The van der Waals surface area contributed by atoms with Crippen LogP contribution in [0.15, 0.2) is 76.4 Å². The highest BCUT2D eigenvalue weighted by Crippen LogP contribution is 2.24. The van der Waals surface area contributed by atoms with E-state index in [0.29, 0.717) is 30.4 Å². The summed E-state index contributed by atoms with van der Waals surface area (Å²) in [6.07, 6.45) is 2.28. The number of benzene rings is 2. The van der Waals surface area contributed by atoms with E-state index in [-0.39, 0.29) is 6.04 Å². The van der Waals surface area contributed by atoms with E-state index in [1.165, 1.54) is 16.3 Å². The molecule has 2 aromatic heterocycles. The summed E-state index contributed by atoms with van der Waals surface area (Å²) in [5, 5.41) is 13.3. The molecule has 0 aliphatic heterocycles. The molecule has 0 aliphatic rings. The average Bonchev–Trinajstić information content (AvgIpc) is 3.28. The van der Waals surface area contributed by atoms with Crippen LogP contribution in [0.3, 0.4) is 0 Å². The summed E-state index contributed by atoms with van der Waals surface area (Å²) in [5.74, 6) is 1.80. The lowest BCUT2D eigenvalue weighted by atomic mass is 10.00. The van der Waals surface area contributed by atoms with E-state index in [4.69, 9.17) is 9.52 Å². The van der Waals surface area contributed by atoms with E-state index in [0.717, 1.165) is 12.5 Å². The first kappa shape index (κ1) is 20.5. The van der Waals surface area contributed by atoms with Gasteiger partial charge < -0.3 is 15.2 Å². The maximum atomic E-state index is 5.32. The van der Waals surface area contributed by atoms with Gasteiger partial charge in [-0.25, -0.2) is 0 Å². The molecule has 2 heterocycles. The van der Waals surface area contributed by atoms with Gasteiger partial charge in [-0.3, -0.25) is 9.98 Å². The van der Waals surface area contributed by atoms with Crippen LogP contribution in [0.1, 0.15) is 31.3 Å². The Kier molecular flexibility index (Phi) is 6.52. The van der Waals surface area contributed by atoms with Gasteiger partial charge >= 0.3 is 0 Å². The van der Waals surface area contributed by atoms with Gasteiger partial charge in [-0.1, -0.05) is 53.7 Å². The molecule has 0 saturated heterocycles. The lowest BCUT2D eigenvalue weighted by Crippen LogP contribution is -2.39. The highest BCUT2D eigenvalue weighted by Gasteiger charge is 2.12. The van der Waals surface area contributed by atoms with Gasteiger partial charge in [0.05, 0.1) is 6.04 Å². The largest absolute Gasteiger partial charge is 0.357 e. The molecule has 0 aliphatic carbocycles. The van der Waals surface area contributed by atoms with Crippen LogP contribution < -0.4 is 10.6 Å². The molecule has 4 rings (SSSR count). The molecule has 7 nitrogen and oxygen atoms in total. The van der Waals surface area contributed by atoms with Crippen molar-refractivity contribution in [2.75, 3.05) is 13.1 Å². The summed E-state index contributed by atoms with van der Waals surface area (Å²) in [6.45, 7) is 5.52. The van der Waals surface area contributed by atoms with Crippen LogP contribution in [0.5, 0.6) is 0 Å². The second-order valence-electron chi connectivity index (χ2n) is 7.18. The molecule has 158 valence electrons. The van der Waals surface area contributed by atoms with E-state index in [2.05, 4.69) is 82.1 Å². The van der Waals surface area contributed by atoms with Crippen molar-refractivity contribution < 1.29 is 4.52 Å². The van der Waals surface area contributed by atoms with Crippen LogP contribution in [0.2, 0.25) is 0 Å². The molecule has 1 unspecified atom stereocenters. The number of hydrogen-bond donors (Lipinski definition) is 2. The van der Waals surface area contributed by atoms with E-state index in [9.17, 15) is 0 Å². The zero-order chi connectivity index (χ0) is 21.5. The molecule has 2 N–H and O–H groups in total. The van der Waals surface area contributed by atoms with Crippen molar-refractivity contribution in [1.82, 2.24) is 25.8 Å². The van der Waals surface area contributed by atoms with Crippen molar-refractivity contribution >= 4 is 16.7 Å². The van der Waals surface area contributed by atoms with Crippen molar-refractivity contribution in [3.05, 3.63) is 78.2 Å². The van der Waals surface area contributed by atoms with Crippen LogP contribution in [0.4, 0.5) is 0 Å². The minimum absolute atomic E-state index is 0.102. The summed E-state index contributed by atoms with van der Waals surface area (Å²) in [4.78, 5) is 13.3. The molecule has 2 aromatic carbocycles. The van der Waals surface area contributed by atoms with Crippen LogP contribution in [-0.2, 0) is 6.42 Å². The minimum Gasteiger partial charge on any atom is -0.357 e. The summed E-state index contributed by atoms with van der Waals surface area (Å²) in [5.41, 5.74) is 1.91. The number of nitrogens with one attached hydrogen (secondary N) is 2. The Morgan fingerprint density at radius 3 is 2.74 bits per heavy atom. The maximum absolute atomic E-state index is 5.32. The van der Waals surface area contributed by atoms with Gasteiger partial charge in [0.2, 0.25) is 0 Å². The van der Waals surface area contributed by atoms with E-state index < -0.39 is 0 Å². The number of aromatic nitrogens is 3. The fourth-order valence-electron chi connectivity index (χ4n) is 3.45. The Morgan fingerprint density at radius 2 is 1.90 bits per heavy atom. The second-order valence-corrected chi connectivity index (χ2v) is 7.18. The zero-order valence-electron chi connectivity index (χ0n) is 17.7. The highest BCUT2D eigenvalue weighted by atomic mass is 16.5. The quantitative estimate of drug-likeness (QED) is 0.349. The molecular weight excluding hydrogens is 388 g/mol. The Hall–Kier alpha value is -3.74. The number of fused-ring (bicyclic) bond motifs is 1. The van der Waals surface area contributed by atoms with Crippen molar-refractivity contribution in [2.24, 2.45) is 4.99 Å². The second kappa shape index (κ2) is 9.84. The molecule has 0 fully saturated rings. The third-order valence-corrected chi connectivity index (χ3v) is 4.94. The first-order valence-electron chi connectivity index (χ1n) is 10.5. The molecule has 7 heteroatoms. The third-order valence-electron chi connectivity index (χ3n) is 4.94. The van der Waals surface area contributed by atoms with Gasteiger partial charge in [-0.15, -0.1) is 0 Å². The first-order chi connectivity index (χ1) is 15.2. The SMILES string of the molecule is CCNC(=NCCc1noc(-c2ccccn2)n1)NC(C)c1cccc2ccccc12. The summed E-state index contributed by atoms with van der Waals surface area (Å²) in [6, 6.07) is 20.5. The van der Waals surface area contributed by atoms with Gasteiger partial charge in [0, 0.05) is 25.7 Å². The maximum Gasteiger partial charge on any atom is 0.276 e. The normalized spacial score (nSPS) is 12.6. The molecular formula is C24H26N6O. The molecule has 0 bridgehead atoms. The van der Waals surface area contributed by atoms with E-state index in [1.54, 1.807) is 6.20 Å². The van der Waals surface area contributed by atoms with Gasteiger partial charge in [-0.2, -0.15) is 4.98 Å². The van der Waals surface area contributed by atoms with Gasteiger partial charge in [-0.05, 0) is 42.3 Å². The molecule has 0 amide bonds. The number of hydrogen-bond acceptors (Lipinski definition) is 5. The van der Waals surface area contributed by atoms with Crippen molar-refractivity contribution in [3.63, 3.8) is 0 Å². The Bertz CT molecular complexity index is 1150. The van der Waals surface area contributed by atoms with Gasteiger partial charge in [0.25, 0.3) is 5.89 Å². The number of rotatable bonds is 7. The van der Waals surface area contributed by atoms with Crippen molar-refractivity contribution in [1.29, 1.82) is 0 Å². The van der Waals surface area contributed by atoms with Crippen molar-refractivity contribution in [3.8, 4) is 11.6 Å². The lowest BCUT2D eigenvalue weighted by Gasteiger charge is -2.19. The highest BCUT2D eigenvalue weighted by molar-refractivity contribution is 5.87. The Labute approximate surface area is 181 Å². The monoisotopic (exact) mass is 414 g/mol. The molecule has 1 atom stereocenters. The number of aliphatic imine (C=N–C) groups is 1. The number of guanidine groups is 1. The average molecular weight is 415 g/mol. The van der Waals surface area contributed by atoms with E-state index in [1.807, 2.05) is 18.2 Å². The lowest BCUT2D eigenvalue weighted by molar-refractivity contribution is 0.421. The summed E-state index contributed by atoms with van der Waals surface area (Å²) < 4.78 is 5.32. The van der Waals surface area contributed by atoms with Gasteiger partial charge in [0.15, 0.2) is 11.8 Å². The Balaban J connectivity index is 1.42. The van der Waals surface area contributed by atoms with Crippen LogP contribution >= 0.6 is 0 Å². The minimum atomic E-state index is 0.102. The van der Waals surface area contributed by atoms with E-state index >= 15 is 0 Å². The first-order valence-corrected chi connectivity index (χ1v) is 10.5. The van der Waals surface area contributed by atoms with Crippen molar-refractivity contribution in [2.45, 2.75) is 26.3 Å². The fraction of sp³-hybridized carbons (Fsp3) is 0.250. The van der Waals surface area contributed by atoms with Gasteiger partial charge in [0.1, 0.15) is 5.69 Å². The molecule has 4 aromatic rings. The summed E-state index contributed by atoms with van der Waals surface area (Å²) in [7, 11) is 0. The summed E-state index contributed by atoms with van der Waals surface area (Å²) >= 11 is 0. The zero-order valence-corrected chi connectivity index (χ0v) is 17.7. The fourth-order valence-corrected chi connectivity index (χ4v) is 3.45. The molecule has 0 saturated carbocycles. The predicted molar refractivity (Wildman–Crippen MR) is 123 cm³/mol. The smallest absolute Gasteiger partial charge is 0.276 e. The van der Waals surface area contributed by atoms with Crippen LogP contribution in [0, 0.1) is 0 Å². The number of pyridine rings is 1. The van der Waals surface area contributed by atoms with Crippen LogP contribution in [0.25, 0.3) is 22.4 Å². The number of nitrogens with zero attached hydrogens (tertiary/aromatic N) is 4. The topological polar surface area (TPSA) is 88.2 Å². The van der Waals surface area contributed by atoms with Crippen LogP contribution in [-0.4, -0.2) is 34.2 Å². The standard InChI is InChI=1S/C24H26N6O/c1-3-25-24(28-17(2)19-12-8-10-18-9-4-5-11-20(18)19)27-16-14-22-29-23(31-30-22)21-13-6-7-15-26-21/h4-13,15,17H,3,14,16H2,1-2H3,(H2,25,27,28). The molecule has 0 spiro atoms. The Morgan fingerprint density at radius 1 is 1.06 bits per heavy atom. The predicted octanol–water partition coefficient (Wildman–Crippen LogP) is 4.14. The molecule has 0 radical (unpaired) electrons. The third kappa shape index (κ3) is 5.06.